The molecular weight excluding hydrogens is 218 g/mol. The second-order valence-corrected chi connectivity index (χ2v) is 6.55. The summed E-state index contributed by atoms with van der Waals surface area (Å²) in [6.07, 6.45) is 0.477. The van der Waals surface area contributed by atoms with Crippen LogP contribution in [-0.4, -0.2) is 42.8 Å². The lowest BCUT2D eigenvalue weighted by Crippen LogP contribution is -2.50. The van der Waals surface area contributed by atoms with Gasteiger partial charge in [-0.2, -0.15) is 0 Å². The molecule has 1 saturated heterocycles. The molecule has 17 heavy (non-hydrogen) atoms. The molecule has 1 aliphatic rings. The summed E-state index contributed by atoms with van der Waals surface area (Å²) in [5.74, 6) is -0.470. The highest BCUT2D eigenvalue weighted by molar-refractivity contribution is 4.76. The first-order chi connectivity index (χ1) is 7.68. The van der Waals surface area contributed by atoms with Crippen LogP contribution in [0.25, 0.3) is 0 Å². The van der Waals surface area contributed by atoms with Gasteiger partial charge in [-0.25, -0.2) is 0 Å². The van der Waals surface area contributed by atoms with Crippen molar-refractivity contribution in [3.8, 4) is 0 Å². The molecule has 0 aromatic carbocycles. The van der Waals surface area contributed by atoms with Crippen molar-refractivity contribution in [1.29, 1.82) is 0 Å². The minimum absolute atomic E-state index is 0.155. The Morgan fingerprint density at radius 1 is 1.29 bits per heavy atom. The predicted molar refractivity (Wildman–Crippen MR) is 67.9 cm³/mol. The molecule has 1 fully saturated rings. The molecule has 0 aromatic heterocycles. The Morgan fingerprint density at radius 2 is 1.82 bits per heavy atom. The first-order valence-electron chi connectivity index (χ1n) is 6.37. The fourth-order valence-corrected chi connectivity index (χ4v) is 1.89. The van der Waals surface area contributed by atoms with Crippen LogP contribution in [0.5, 0.6) is 0 Å². The minimum Gasteiger partial charge on any atom is -0.392 e. The van der Waals surface area contributed by atoms with Crippen molar-refractivity contribution in [2.24, 2.45) is 5.41 Å². The van der Waals surface area contributed by atoms with Crippen LogP contribution in [0, 0.1) is 5.41 Å². The predicted octanol–water partition coefficient (Wildman–Crippen LogP) is 1.52. The summed E-state index contributed by atoms with van der Waals surface area (Å²) in [4.78, 5) is 0. The smallest absolute Gasteiger partial charge is 0.162 e. The number of aliphatic hydroxyl groups excluding tert-OH is 1. The lowest BCUT2D eigenvalue weighted by Gasteiger charge is -2.35. The van der Waals surface area contributed by atoms with Gasteiger partial charge in [-0.05, 0) is 25.7 Å². The van der Waals surface area contributed by atoms with Crippen molar-refractivity contribution in [2.75, 3.05) is 19.8 Å². The summed E-state index contributed by atoms with van der Waals surface area (Å²) >= 11 is 0. The second-order valence-electron chi connectivity index (χ2n) is 6.55. The maximum absolute atomic E-state index is 9.87. The number of nitrogens with one attached hydrogen (secondary N) is 1. The van der Waals surface area contributed by atoms with Crippen molar-refractivity contribution < 1.29 is 14.6 Å². The second kappa shape index (κ2) is 5.65. The topological polar surface area (TPSA) is 50.7 Å². The summed E-state index contributed by atoms with van der Waals surface area (Å²) < 4.78 is 11.1. The van der Waals surface area contributed by atoms with E-state index in [9.17, 15) is 5.11 Å². The van der Waals surface area contributed by atoms with Crippen LogP contribution < -0.4 is 5.32 Å². The van der Waals surface area contributed by atoms with Gasteiger partial charge in [0.05, 0.1) is 25.4 Å². The fraction of sp³-hybridized carbons (Fsp3) is 1.00. The van der Waals surface area contributed by atoms with Crippen molar-refractivity contribution in [1.82, 2.24) is 5.32 Å². The van der Waals surface area contributed by atoms with Crippen LogP contribution in [0.15, 0.2) is 0 Å². The number of hydrogen-bond donors (Lipinski definition) is 2. The van der Waals surface area contributed by atoms with E-state index in [1.165, 1.54) is 0 Å². The van der Waals surface area contributed by atoms with Crippen LogP contribution in [0.4, 0.5) is 0 Å². The normalized spacial score (nSPS) is 23.6. The number of hydrogen-bond acceptors (Lipinski definition) is 4. The Balaban J connectivity index is 2.19. The maximum atomic E-state index is 9.87. The quantitative estimate of drug-likeness (QED) is 0.788. The summed E-state index contributed by atoms with van der Waals surface area (Å²) in [7, 11) is 0. The minimum atomic E-state index is -0.470. The third kappa shape index (κ3) is 6.36. The zero-order valence-electron chi connectivity index (χ0n) is 11.7. The van der Waals surface area contributed by atoms with Crippen molar-refractivity contribution in [3.63, 3.8) is 0 Å². The van der Waals surface area contributed by atoms with Gasteiger partial charge in [0.2, 0.25) is 0 Å². The van der Waals surface area contributed by atoms with Crippen LogP contribution in [0.3, 0.4) is 0 Å². The molecule has 1 rings (SSSR count). The van der Waals surface area contributed by atoms with Crippen LogP contribution in [0.1, 0.15) is 41.0 Å². The van der Waals surface area contributed by atoms with Crippen LogP contribution in [-0.2, 0) is 9.47 Å². The molecular formula is C13H27NO3. The number of ether oxygens (including phenoxy) is 2. The van der Waals surface area contributed by atoms with E-state index in [1.54, 1.807) is 0 Å². The van der Waals surface area contributed by atoms with Gasteiger partial charge >= 0.3 is 0 Å². The van der Waals surface area contributed by atoms with Gasteiger partial charge < -0.3 is 19.9 Å². The van der Waals surface area contributed by atoms with Crippen molar-refractivity contribution in [3.05, 3.63) is 0 Å². The monoisotopic (exact) mass is 245 g/mol. The van der Waals surface area contributed by atoms with E-state index in [1.807, 2.05) is 13.8 Å². The zero-order valence-corrected chi connectivity index (χ0v) is 11.7. The molecule has 0 spiro atoms. The van der Waals surface area contributed by atoms with Gasteiger partial charge in [-0.3, -0.25) is 0 Å². The molecule has 1 unspecified atom stereocenters. The average molecular weight is 245 g/mol. The molecule has 0 saturated carbocycles. The third-order valence-electron chi connectivity index (χ3n) is 2.75. The Hall–Kier alpha value is -0.160. The van der Waals surface area contributed by atoms with E-state index < -0.39 is 5.79 Å². The summed E-state index contributed by atoms with van der Waals surface area (Å²) in [5, 5.41) is 13.2. The van der Waals surface area contributed by atoms with Crippen LogP contribution in [0.2, 0.25) is 0 Å². The molecule has 1 aliphatic heterocycles. The van der Waals surface area contributed by atoms with Gasteiger partial charge in [-0.1, -0.05) is 20.8 Å². The first-order valence-corrected chi connectivity index (χ1v) is 6.37. The van der Waals surface area contributed by atoms with Gasteiger partial charge in [0.15, 0.2) is 5.79 Å². The van der Waals surface area contributed by atoms with E-state index >= 15 is 0 Å². The maximum Gasteiger partial charge on any atom is 0.162 e. The molecule has 0 amide bonds. The third-order valence-corrected chi connectivity index (χ3v) is 2.75. The highest BCUT2D eigenvalue weighted by atomic mass is 16.7. The van der Waals surface area contributed by atoms with Gasteiger partial charge in [-0.15, -0.1) is 0 Å². The van der Waals surface area contributed by atoms with Crippen LogP contribution >= 0.6 is 0 Å². The van der Waals surface area contributed by atoms with Gasteiger partial charge in [0, 0.05) is 6.54 Å². The fourth-order valence-electron chi connectivity index (χ4n) is 1.89. The molecule has 0 bridgehead atoms. The Labute approximate surface area is 105 Å². The molecule has 1 heterocycles. The molecule has 102 valence electrons. The molecule has 0 radical (unpaired) electrons. The first kappa shape index (κ1) is 14.9. The van der Waals surface area contributed by atoms with E-state index in [4.69, 9.17) is 9.47 Å². The summed E-state index contributed by atoms with van der Waals surface area (Å²) in [5.41, 5.74) is 0.155. The van der Waals surface area contributed by atoms with E-state index in [0.717, 1.165) is 6.42 Å². The molecule has 4 heteroatoms. The van der Waals surface area contributed by atoms with Crippen molar-refractivity contribution in [2.45, 2.75) is 59.0 Å². The molecule has 4 nitrogen and oxygen atoms in total. The summed E-state index contributed by atoms with van der Waals surface area (Å²) in [6, 6.07) is 0.178. The highest BCUT2D eigenvalue weighted by Gasteiger charge is 2.28. The molecule has 1 atom stereocenters. The standard InChI is InChI=1S/C13H27NO3/c1-12(2,3)6-11(15)7-14-10-8-16-13(4,5)17-9-10/h10-11,14-15H,6-9H2,1-5H3. The number of rotatable bonds is 4. The molecule has 0 aromatic rings. The van der Waals surface area contributed by atoms with E-state index in [2.05, 4.69) is 26.1 Å². The van der Waals surface area contributed by atoms with E-state index in [0.29, 0.717) is 19.8 Å². The Morgan fingerprint density at radius 3 is 2.29 bits per heavy atom. The number of aliphatic hydroxyl groups is 1. The molecule has 2 N–H and O–H groups in total. The van der Waals surface area contributed by atoms with Gasteiger partial charge in [0.1, 0.15) is 0 Å². The highest BCUT2D eigenvalue weighted by Crippen LogP contribution is 2.21. The zero-order chi connectivity index (χ0) is 13.1. The average Bonchev–Trinajstić information content (AvgIpc) is 2.13. The van der Waals surface area contributed by atoms with E-state index in [-0.39, 0.29) is 17.6 Å². The summed E-state index contributed by atoms with van der Waals surface area (Å²) in [6.45, 7) is 12.1. The SMILES string of the molecule is CC(C)(C)CC(O)CNC1COC(C)(C)OC1. The Kier molecular flexibility index (Phi) is 4.95. The Bertz CT molecular complexity index is 225. The lowest BCUT2D eigenvalue weighted by molar-refractivity contribution is -0.253. The lowest BCUT2D eigenvalue weighted by atomic mass is 9.89. The molecule has 0 aliphatic carbocycles. The van der Waals surface area contributed by atoms with Crippen molar-refractivity contribution >= 4 is 0 Å². The largest absolute Gasteiger partial charge is 0.392 e. The van der Waals surface area contributed by atoms with Gasteiger partial charge in [0.25, 0.3) is 0 Å².